The van der Waals surface area contributed by atoms with E-state index in [9.17, 15) is 4.79 Å². The van der Waals surface area contributed by atoms with E-state index in [1.54, 1.807) is 30.6 Å². The fourth-order valence-electron chi connectivity index (χ4n) is 0.628. The summed E-state index contributed by atoms with van der Waals surface area (Å²) in [5, 5.41) is 2.63. The van der Waals surface area contributed by atoms with Crippen LogP contribution in [0.3, 0.4) is 0 Å². The first-order valence-electron chi connectivity index (χ1n) is 3.79. The van der Waals surface area contributed by atoms with Crippen LogP contribution in [0, 0.1) is 0 Å². The Labute approximate surface area is 76.9 Å². The summed E-state index contributed by atoms with van der Waals surface area (Å²) in [5.41, 5.74) is 0. The molecule has 0 aromatic rings. The normalized spacial score (nSPS) is 17.0. The molecule has 1 rings (SSSR count). The molecule has 1 amide bonds. The molecule has 0 saturated carbocycles. The average molecular weight is 193 g/mol. The van der Waals surface area contributed by atoms with Gasteiger partial charge in [-0.1, -0.05) is 13.8 Å². The molecule has 1 heterocycles. The second-order valence-electron chi connectivity index (χ2n) is 1.69. The number of carbonyl (C=O) groups excluding carboxylic acids is 1. The van der Waals surface area contributed by atoms with Gasteiger partial charge in [0.05, 0.1) is 0 Å². The molecular formula is C7H15NOS2. The van der Waals surface area contributed by atoms with Crippen molar-refractivity contribution in [2.45, 2.75) is 18.4 Å². The highest BCUT2D eigenvalue weighted by Crippen LogP contribution is 2.31. The first-order valence-corrected chi connectivity index (χ1v) is 5.89. The topological polar surface area (TPSA) is 29.1 Å². The maximum atomic E-state index is 10.9. The van der Waals surface area contributed by atoms with Gasteiger partial charge in [0, 0.05) is 18.6 Å². The maximum Gasteiger partial charge on any atom is 0.243 e. The third-order valence-corrected chi connectivity index (χ3v) is 4.07. The van der Waals surface area contributed by atoms with Crippen LogP contribution < -0.4 is 5.32 Å². The summed E-state index contributed by atoms with van der Waals surface area (Å²) in [6.45, 7) is 4.00. The van der Waals surface area contributed by atoms with Crippen LogP contribution in [-0.4, -0.2) is 29.0 Å². The molecule has 0 aromatic heterocycles. The summed E-state index contributed by atoms with van der Waals surface area (Å²) in [7, 11) is 1.68. The van der Waals surface area contributed by atoms with E-state index < -0.39 is 0 Å². The molecule has 0 unspecified atom stereocenters. The van der Waals surface area contributed by atoms with Gasteiger partial charge in [0.15, 0.2) is 0 Å². The van der Waals surface area contributed by atoms with Crippen LogP contribution in [-0.2, 0) is 4.79 Å². The summed E-state index contributed by atoms with van der Waals surface area (Å²) in [6.07, 6.45) is 0. The second-order valence-corrected chi connectivity index (χ2v) is 4.41. The molecule has 1 saturated heterocycles. The van der Waals surface area contributed by atoms with Gasteiger partial charge in [0.25, 0.3) is 0 Å². The van der Waals surface area contributed by atoms with E-state index in [-0.39, 0.29) is 10.5 Å². The third kappa shape index (κ3) is 3.91. The van der Waals surface area contributed by atoms with Gasteiger partial charge in [-0.05, 0) is 0 Å². The van der Waals surface area contributed by atoms with Crippen molar-refractivity contribution in [3.63, 3.8) is 0 Å². The Morgan fingerprint density at radius 2 is 1.82 bits per heavy atom. The molecule has 0 bridgehead atoms. The molecule has 0 aromatic carbocycles. The Hall–Kier alpha value is 0.170. The van der Waals surface area contributed by atoms with Crippen LogP contribution >= 0.6 is 23.5 Å². The first-order chi connectivity index (χ1) is 5.34. The quantitative estimate of drug-likeness (QED) is 0.685. The molecule has 0 aliphatic carbocycles. The van der Waals surface area contributed by atoms with Gasteiger partial charge in [-0.15, -0.1) is 23.5 Å². The minimum atomic E-state index is 0.155. The zero-order valence-corrected chi connectivity index (χ0v) is 8.85. The van der Waals surface area contributed by atoms with E-state index in [0.29, 0.717) is 0 Å². The minimum absolute atomic E-state index is 0.155. The molecule has 1 aliphatic heterocycles. The summed E-state index contributed by atoms with van der Waals surface area (Å²) in [4.78, 5) is 10.9. The lowest BCUT2D eigenvalue weighted by atomic mass is 10.7. The predicted octanol–water partition coefficient (Wildman–Crippen LogP) is 1.56. The molecule has 4 heteroatoms. The van der Waals surface area contributed by atoms with Gasteiger partial charge in [-0.2, -0.15) is 0 Å². The third-order valence-electron chi connectivity index (χ3n) is 1.08. The van der Waals surface area contributed by atoms with Crippen LogP contribution in [0.5, 0.6) is 0 Å². The fourth-order valence-corrected chi connectivity index (χ4v) is 3.33. The fraction of sp³-hybridized carbons (Fsp3) is 0.857. The predicted molar refractivity (Wildman–Crippen MR) is 54.1 cm³/mol. The Kier molecular flexibility index (Phi) is 6.96. The number of carbonyl (C=O) groups is 1. The van der Waals surface area contributed by atoms with E-state index in [2.05, 4.69) is 5.32 Å². The van der Waals surface area contributed by atoms with Crippen molar-refractivity contribution < 1.29 is 4.79 Å². The summed E-state index contributed by atoms with van der Waals surface area (Å²) in [5.74, 6) is 2.38. The van der Waals surface area contributed by atoms with Crippen molar-refractivity contribution in [1.82, 2.24) is 5.32 Å². The zero-order valence-electron chi connectivity index (χ0n) is 7.22. The van der Waals surface area contributed by atoms with Gasteiger partial charge in [0.2, 0.25) is 5.91 Å². The molecule has 0 spiro atoms. The largest absolute Gasteiger partial charge is 0.357 e. The van der Waals surface area contributed by atoms with Gasteiger partial charge >= 0.3 is 0 Å². The zero-order chi connectivity index (χ0) is 8.69. The number of amides is 1. The molecule has 1 fully saturated rings. The van der Waals surface area contributed by atoms with Crippen LogP contribution in [0.25, 0.3) is 0 Å². The van der Waals surface area contributed by atoms with E-state index in [0.717, 1.165) is 11.5 Å². The van der Waals surface area contributed by atoms with Gasteiger partial charge in [-0.25, -0.2) is 0 Å². The summed E-state index contributed by atoms with van der Waals surface area (Å²) < 4.78 is 0.162. The molecule has 66 valence electrons. The lowest BCUT2D eigenvalue weighted by Crippen LogP contribution is -2.25. The lowest BCUT2D eigenvalue weighted by molar-refractivity contribution is -0.118. The Bertz CT molecular complexity index is 113. The van der Waals surface area contributed by atoms with Crippen molar-refractivity contribution in [2.24, 2.45) is 0 Å². The first kappa shape index (κ1) is 11.2. The Balaban J connectivity index is 0.000000461. The molecule has 11 heavy (non-hydrogen) atoms. The Morgan fingerprint density at radius 3 is 2.18 bits per heavy atom. The highest BCUT2D eigenvalue weighted by molar-refractivity contribution is 8.21. The molecular weight excluding hydrogens is 178 g/mol. The number of thioether (sulfide) groups is 2. The monoisotopic (exact) mass is 193 g/mol. The second kappa shape index (κ2) is 6.85. The smallest absolute Gasteiger partial charge is 0.243 e. The number of hydrogen-bond donors (Lipinski definition) is 1. The van der Waals surface area contributed by atoms with Gasteiger partial charge in [0.1, 0.15) is 4.58 Å². The van der Waals surface area contributed by atoms with Crippen LogP contribution in [0.4, 0.5) is 0 Å². The van der Waals surface area contributed by atoms with E-state index >= 15 is 0 Å². The molecule has 0 radical (unpaired) electrons. The van der Waals surface area contributed by atoms with Crippen molar-refractivity contribution >= 4 is 29.4 Å². The van der Waals surface area contributed by atoms with Crippen LogP contribution in [0.2, 0.25) is 0 Å². The Morgan fingerprint density at radius 1 is 1.36 bits per heavy atom. The van der Waals surface area contributed by atoms with Crippen molar-refractivity contribution in [2.75, 3.05) is 18.6 Å². The standard InChI is InChI=1S/C5H9NOS2.C2H6/c1-6-4(7)5-8-2-3-9-5;1-2/h5H,2-3H2,1H3,(H,6,7);1-2H3. The maximum absolute atomic E-state index is 10.9. The van der Waals surface area contributed by atoms with Crippen molar-refractivity contribution in [3.05, 3.63) is 0 Å². The highest BCUT2D eigenvalue weighted by atomic mass is 32.2. The van der Waals surface area contributed by atoms with Crippen LogP contribution in [0.15, 0.2) is 0 Å². The van der Waals surface area contributed by atoms with E-state index in [1.165, 1.54) is 0 Å². The van der Waals surface area contributed by atoms with Crippen molar-refractivity contribution in [3.8, 4) is 0 Å². The molecule has 1 N–H and O–H groups in total. The molecule has 0 atom stereocenters. The molecule has 1 aliphatic rings. The van der Waals surface area contributed by atoms with Gasteiger partial charge < -0.3 is 5.32 Å². The summed E-state index contributed by atoms with van der Waals surface area (Å²) >= 11 is 3.45. The van der Waals surface area contributed by atoms with E-state index in [4.69, 9.17) is 0 Å². The SMILES string of the molecule is CC.CNC(=O)C1SCCS1. The summed E-state index contributed by atoms with van der Waals surface area (Å²) in [6, 6.07) is 0. The van der Waals surface area contributed by atoms with Crippen LogP contribution in [0.1, 0.15) is 13.8 Å². The van der Waals surface area contributed by atoms with Crippen molar-refractivity contribution in [1.29, 1.82) is 0 Å². The van der Waals surface area contributed by atoms with Gasteiger partial charge in [-0.3, -0.25) is 4.79 Å². The number of hydrogen-bond acceptors (Lipinski definition) is 3. The minimum Gasteiger partial charge on any atom is -0.357 e. The number of nitrogens with one attached hydrogen (secondary N) is 1. The molecule has 2 nitrogen and oxygen atoms in total. The highest BCUT2D eigenvalue weighted by Gasteiger charge is 2.22. The number of rotatable bonds is 1. The average Bonchev–Trinajstić information content (AvgIpc) is 2.59. The van der Waals surface area contributed by atoms with E-state index in [1.807, 2.05) is 13.8 Å². The lowest BCUT2D eigenvalue weighted by Gasteiger charge is -2.03.